The van der Waals surface area contributed by atoms with Crippen LogP contribution in [0.5, 0.6) is 0 Å². The Kier molecular flexibility index (Phi) is 4.59. The summed E-state index contributed by atoms with van der Waals surface area (Å²) in [6.07, 6.45) is 0. The van der Waals surface area contributed by atoms with Gasteiger partial charge in [0.2, 0.25) is 0 Å². The van der Waals surface area contributed by atoms with Gasteiger partial charge in [-0.3, -0.25) is 0 Å². The van der Waals surface area contributed by atoms with Crippen LogP contribution in [0.4, 0.5) is 0 Å². The fourth-order valence-electron chi connectivity index (χ4n) is 0.455. The van der Waals surface area contributed by atoms with E-state index in [1.807, 2.05) is 13.5 Å². The molecule has 0 rings (SSSR count). The maximum atomic E-state index is 5.38. The lowest BCUT2D eigenvalue weighted by atomic mass is 10.4. The van der Waals surface area contributed by atoms with Gasteiger partial charge >= 0.3 is 8.80 Å². The SMILES string of the molecule is C=C(C)CO[Si](C)(OC)OC. The molecule has 66 valence electrons. The van der Waals surface area contributed by atoms with Crippen LogP contribution >= 0.6 is 0 Å². The van der Waals surface area contributed by atoms with Gasteiger partial charge in [-0.2, -0.15) is 0 Å². The van der Waals surface area contributed by atoms with Crippen molar-refractivity contribution >= 4 is 8.80 Å². The summed E-state index contributed by atoms with van der Waals surface area (Å²) in [6, 6.07) is 0. The van der Waals surface area contributed by atoms with Gasteiger partial charge in [0.1, 0.15) is 0 Å². The Bertz CT molecular complexity index is 132. The van der Waals surface area contributed by atoms with Gasteiger partial charge < -0.3 is 13.3 Å². The van der Waals surface area contributed by atoms with Gasteiger partial charge in [-0.25, -0.2) is 0 Å². The Morgan fingerprint density at radius 3 is 2.09 bits per heavy atom. The lowest BCUT2D eigenvalue weighted by Crippen LogP contribution is -2.40. The first kappa shape index (κ1) is 10.8. The van der Waals surface area contributed by atoms with Crippen LogP contribution in [0.25, 0.3) is 0 Å². The third kappa shape index (κ3) is 4.31. The Morgan fingerprint density at radius 1 is 1.36 bits per heavy atom. The maximum absolute atomic E-state index is 5.38. The number of hydrogen-bond acceptors (Lipinski definition) is 3. The summed E-state index contributed by atoms with van der Waals surface area (Å²) in [5.74, 6) is 0. The molecule has 0 bridgehead atoms. The molecule has 4 heteroatoms. The molecule has 0 aliphatic rings. The molecule has 0 aliphatic carbocycles. The summed E-state index contributed by atoms with van der Waals surface area (Å²) < 4.78 is 15.6. The van der Waals surface area contributed by atoms with E-state index >= 15 is 0 Å². The van der Waals surface area contributed by atoms with Crippen molar-refractivity contribution in [3.8, 4) is 0 Å². The van der Waals surface area contributed by atoms with Crippen molar-refractivity contribution in [3.05, 3.63) is 12.2 Å². The van der Waals surface area contributed by atoms with Gasteiger partial charge in [-0.05, 0) is 6.92 Å². The van der Waals surface area contributed by atoms with E-state index in [9.17, 15) is 0 Å². The average molecular weight is 176 g/mol. The third-order valence-corrected chi connectivity index (χ3v) is 3.47. The molecule has 0 heterocycles. The molecular formula is C7H16O3Si. The van der Waals surface area contributed by atoms with Crippen LogP contribution in [-0.4, -0.2) is 29.6 Å². The van der Waals surface area contributed by atoms with E-state index in [4.69, 9.17) is 13.3 Å². The van der Waals surface area contributed by atoms with E-state index in [1.165, 1.54) is 0 Å². The van der Waals surface area contributed by atoms with Crippen LogP contribution in [-0.2, 0) is 13.3 Å². The van der Waals surface area contributed by atoms with E-state index in [0.29, 0.717) is 6.61 Å². The zero-order valence-electron chi connectivity index (χ0n) is 7.64. The monoisotopic (exact) mass is 176 g/mol. The zero-order valence-corrected chi connectivity index (χ0v) is 8.64. The minimum atomic E-state index is -2.32. The van der Waals surface area contributed by atoms with Gasteiger partial charge in [0.05, 0.1) is 6.61 Å². The van der Waals surface area contributed by atoms with Crippen molar-refractivity contribution in [2.45, 2.75) is 13.5 Å². The fraction of sp³-hybridized carbons (Fsp3) is 0.714. The van der Waals surface area contributed by atoms with Crippen LogP contribution in [0, 0.1) is 0 Å². The second kappa shape index (κ2) is 4.66. The van der Waals surface area contributed by atoms with Crippen LogP contribution in [0.3, 0.4) is 0 Å². The largest absolute Gasteiger partial charge is 0.497 e. The number of rotatable bonds is 5. The first-order chi connectivity index (χ1) is 5.04. The molecule has 0 radical (unpaired) electrons. The quantitative estimate of drug-likeness (QED) is 0.468. The number of hydrogen-bond donors (Lipinski definition) is 0. The highest BCUT2D eigenvalue weighted by Crippen LogP contribution is 2.07. The highest BCUT2D eigenvalue weighted by Gasteiger charge is 2.31. The van der Waals surface area contributed by atoms with Crippen LogP contribution in [0.15, 0.2) is 12.2 Å². The first-order valence-electron chi connectivity index (χ1n) is 3.42. The van der Waals surface area contributed by atoms with E-state index < -0.39 is 8.80 Å². The standard InChI is InChI=1S/C7H16O3Si/c1-7(2)6-10-11(5,8-3)9-4/h1,6H2,2-5H3. The van der Waals surface area contributed by atoms with E-state index in [1.54, 1.807) is 14.2 Å². The highest BCUT2D eigenvalue weighted by atomic mass is 28.4. The first-order valence-corrected chi connectivity index (χ1v) is 5.65. The molecule has 3 nitrogen and oxygen atoms in total. The van der Waals surface area contributed by atoms with Crippen LogP contribution < -0.4 is 0 Å². The topological polar surface area (TPSA) is 27.7 Å². The zero-order chi connectivity index (χ0) is 8.91. The summed E-state index contributed by atoms with van der Waals surface area (Å²) >= 11 is 0. The molecule has 0 unspecified atom stereocenters. The predicted molar refractivity (Wildman–Crippen MR) is 46.4 cm³/mol. The normalized spacial score (nSPS) is 11.6. The lowest BCUT2D eigenvalue weighted by Gasteiger charge is -2.21. The summed E-state index contributed by atoms with van der Waals surface area (Å²) in [7, 11) is 0.862. The van der Waals surface area contributed by atoms with E-state index in [-0.39, 0.29) is 0 Å². The summed E-state index contributed by atoms with van der Waals surface area (Å²) in [5, 5.41) is 0. The minimum absolute atomic E-state index is 0.504. The molecule has 0 atom stereocenters. The molecule has 0 aromatic carbocycles. The van der Waals surface area contributed by atoms with E-state index in [2.05, 4.69) is 6.58 Å². The summed E-state index contributed by atoms with van der Waals surface area (Å²) in [6.45, 7) is 7.96. The second-order valence-electron chi connectivity index (χ2n) is 2.52. The predicted octanol–water partition coefficient (Wildman–Crippen LogP) is 1.44. The van der Waals surface area contributed by atoms with Crippen LogP contribution in [0.1, 0.15) is 6.92 Å². The Morgan fingerprint density at radius 2 is 1.82 bits per heavy atom. The highest BCUT2D eigenvalue weighted by molar-refractivity contribution is 6.59. The molecular weight excluding hydrogens is 160 g/mol. The second-order valence-corrected chi connectivity index (χ2v) is 5.35. The Labute approximate surface area is 69.3 Å². The minimum Gasteiger partial charge on any atom is -0.377 e. The van der Waals surface area contributed by atoms with Gasteiger partial charge in [0, 0.05) is 20.8 Å². The van der Waals surface area contributed by atoms with Gasteiger partial charge in [-0.1, -0.05) is 12.2 Å². The van der Waals surface area contributed by atoms with Gasteiger partial charge in [-0.15, -0.1) is 0 Å². The molecule has 0 spiro atoms. The molecule has 0 aromatic heterocycles. The molecule has 0 saturated carbocycles. The molecule has 0 amide bonds. The Hall–Kier alpha value is -0.163. The van der Waals surface area contributed by atoms with Crippen molar-refractivity contribution in [1.29, 1.82) is 0 Å². The van der Waals surface area contributed by atoms with Crippen molar-refractivity contribution < 1.29 is 13.3 Å². The van der Waals surface area contributed by atoms with Crippen LogP contribution in [0.2, 0.25) is 6.55 Å². The maximum Gasteiger partial charge on any atom is 0.497 e. The Balaban J connectivity index is 3.78. The van der Waals surface area contributed by atoms with Crippen molar-refractivity contribution in [2.24, 2.45) is 0 Å². The molecule has 0 aromatic rings. The molecule has 0 aliphatic heterocycles. The summed E-state index contributed by atoms with van der Waals surface area (Å²) in [4.78, 5) is 0. The van der Waals surface area contributed by atoms with Gasteiger partial charge in [0.15, 0.2) is 0 Å². The lowest BCUT2D eigenvalue weighted by molar-refractivity contribution is 0.115. The van der Waals surface area contributed by atoms with Gasteiger partial charge in [0.25, 0.3) is 0 Å². The van der Waals surface area contributed by atoms with Crippen molar-refractivity contribution in [1.82, 2.24) is 0 Å². The molecule has 0 N–H and O–H groups in total. The third-order valence-electron chi connectivity index (χ3n) is 1.32. The molecule has 11 heavy (non-hydrogen) atoms. The summed E-state index contributed by atoms with van der Waals surface area (Å²) in [5.41, 5.74) is 0.970. The molecule has 0 fully saturated rings. The van der Waals surface area contributed by atoms with Crippen molar-refractivity contribution in [2.75, 3.05) is 20.8 Å². The van der Waals surface area contributed by atoms with Crippen molar-refractivity contribution in [3.63, 3.8) is 0 Å². The molecule has 0 saturated heterocycles. The smallest absolute Gasteiger partial charge is 0.377 e. The van der Waals surface area contributed by atoms with E-state index in [0.717, 1.165) is 5.57 Å². The average Bonchev–Trinajstić information content (AvgIpc) is 2.00. The fourth-order valence-corrected chi connectivity index (χ4v) is 1.37.